The smallest absolute Gasteiger partial charge is 0.341 e. The molecule has 6 heteroatoms. The number of nitrogens with two attached hydrogens (primary N) is 1. The number of aromatic nitrogens is 1. The highest BCUT2D eigenvalue weighted by Crippen LogP contribution is 2.15. The van der Waals surface area contributed by atoms with Crippen molar-refractivity contribution in [2.75, 3.05) is 19.6 Å². The minimum Gasteiger partial charge on any atom is -0.477 e. The molecule has 1 heterocycles. The summed E-state index contributed by atoms with van der Waals surface area (Å²) in [6.07, 6.45) is 2.17. The summed E-state index contributed by atoms with van der Waals surface area (Å²) in [5.74, 6) is -1.19. The van der Waals surface area contributed by atoms with E-state index in [1.165, 1.54) is 6.20 Å². The van der Waals surface area contributed by atoms with Crippen molar-refractivity contribution in [1.82, 2.24) is 9.88 Å². The second-order valence-corrected chi connectivity index (χ2v) is 5.10. The maximum atomic E-state index is 12.3. The van der Waals surface area contributed by atoms with Gasteiger partial charge in [-0.2, -0.15) is 0 Å². The Balaban J connectivity index is 2.43. The summed E-state index contributed by atoms with van der Waals surface area (Å²) >= 11 is 0. The van der Waals surface area contributed by atoms with Gasteiger partial charge in [-0.25, -0.2) is 4.79 Å². The number of carboxylic acid groups (broad SMARTS) is 1. The van der Waals surface area contributed by atoms with E-state index in [1.54, 1.807) is 10.6 Å². The molecule has 2 aromatic rings. The number of benzene rings is 1. The van der Waals surface area contributed by atoms with Gasteiger partial charge in [0.05, 0.1) is 5.52 Å². The van der Waals surface area contributed by atoms with E-state index in [4.69, 9.17) is 5.73 Å². The highest BCUT2D eigenvalue weighted by molar-refractivity contribution is 5.92. The molecule has 1 aromatic heterocycles. The zero-order valence-corrected chi connectivity index (χ0v) is 12.6. The quantitative estimate of drug-likeness (QED) is 0.658. The van der Waals surface area contributed by atoms with Crippen molar-refractivity contribution in [2.45, 2.75) is 19.9 Å². The monoisotopic (exact) mass is 303 g/mol. The molecule has 0 fully saturated rings. The Morgan fingerprint density at radius 3 is 2.77 bits per heavy atom. The number of aromatic carboxylic acids is 1. The number of carbonyl (C=O) groups is 1. The van der Waals surface area contributed by atoms with E-state index in [1.807, 2.05) is 19.1 Å². The van der Waals surface area contributed by atoms with Crippen molar-refractivity contribution in [3.05, 3.63) is 45.7 Å². The number of pyridine rings is 1. The highest BCUT2D eigenvalue weighted by atomic mass is 16.4. The molecule has 4 N–H and O–H groups in total. The number of nitrogens with zero attached hydrogens (tertiary/aromatic N) is 1. The highest BCUT2D eigenvalue weighted by Gasteiger charge is 2.14. The molecule has 0 aliphatic heterocycles. The Morgan fingerprint density at radius 2 is 2.14 bits per heavy atom. The van der Waals surface area contributed by atoms with E-state index in [0.29, 0.717) is 18.5 Å². The van der Waals surface area contributed by atoms with Crippen LogP contribution in [0.15, 0.2) is 29.2 Å². The van der Waals surface area contributed by atoms with Crippen LogP contribution >= 0.6 is 0 Å². The normalized spacial score (nSPS) is 11.0. The third-order valence-corrected chi connectivity index (χ3v) is 3.63. The number of aryl methyl sites for hydroxylation is 1. The van der Waals surface area contributed by atoms with E-state index in [9.17, 15) is 14.7 Å². The van der Waals surface area contributed by atoms with Crippen LogP contribution in [0.4, 0.5) is 0 Å². The summed E-state index contributed by atoms with van der Waals surface area (Å²) in [6.45, 7) is 4.62. The Kier molecular flexibility index (Phi) is 5.30. The van der Waals surface area contributed by atoms with Gasteiger partial charge in [-0.05, 0) is 37.6 Å². The van der Waals surface area contributed by atoms with Crippen LogP contribution in [0, 0.1) is 0 Å². The lowest BCUT2D eigenvalue weighted by Gasteiger charge is -2.11. The number of nitrogens with one attached hydrogen (secondary N) is 1. The number of rotatable bonds is 7. The minimum atomic E-state index is -1.19. The lowest BCUT2D eigenvalue weighted by Crippen LogP contribution is -2.24. The maximum absolute atomic E-state index is 12.3. The van der Waals surface area contributed by atoms with Gasteiger partial charge in [0.1, 0.15) is 5.56 Å². The molecule has 0 saturated carbocycles. The van der Waals surface area contributed by atoms with Gasteiger partial charge in [-0.1, -0.05) is 6.07 Å². The minimum absolute atomic E-state index is 0.187. The summed E-state index contributed by atoms with van der Waals surface area (Å²) in [5, 5.41) is 12.8. The lowest BCUT2D eigenvalue weighted by molar-refractivity contribution is 0.0695. The van der Waals surface area contributed by atoms with Crippen LogP contribution in [-0.4, -0.2) is 35.3 Å². The fourth-order valence-corrected chi connectivity index (χ4v) is 2.47. The zero-order valence-electron chi connectivity index (χ0n) is 12.6. The summed E-state index contributed by atoms with van der Waals surface area (Å²) in [7, 11) is 0. The molecular formula is C16H21N3O3. The van der Waals surface area contributed by atoms with Crippen molar-refractivity contribution in [3.63, 3.8) is 0 Å². The fourth-order valence-electron chi connectivity index (χ4n) is 2.47. The summed E-state index contributed by atoms with van der Waals surface area (Å²) in [5.41, 5.74) is 6.56. The Hall–Kier alpha value is -2.18. The fraction of sp³-hybridized carbons (Fsp3) is 0.375. The summed E-state index contributed by atoms with van der Waals surface area (Å²) in [4.78, 5) is 23.6. The van der Waals surface area contributed by atoms with Gasteiger partial charge in [-0.15, -0.1) is 0 Å². The van der Waals surface area contributed by atoms with Crippen LogP contribution in [0.5, 0.6) is 0 Å². The van der Waals surface area contributed by atoms with Gasteiger partial charge >= 0.3 is 5.97 Å². The Labute approximate surface area is 128 Å². The lowest BCUT2D eigenvalue weighted by atomic mass is 10.1. The Bertz CT molecular complexity index is 737. The average Bonchev–Trinajstić information content (AvgIpc) is 2.52. The first-order valence-electron chi connectivity index (χ1n) is 7.38. The van der Waals surface area contributed by atoms with Gasteiger partial charge in [0.25, 0.3) is 0 Å². The third-order valence-electron chi connectivity index (χ3n) is 3.63. The van der Waals surface area contributed by atoms with Crippen LogP contribution in [0.1, 0.15) is 22.8 Å². The summed E-state index contributed by atoms with van der Waals surface area (Å²) in [6, 6.07) is 5.64. The van der Waals surface area contributed by atoms with Crippen LogP contribution in [0.3, 0.4) is 0 Å². The van der Waals surface area contributed by atoms with Crippen LogP contribution in [0.2, 0.25) is 0 Å². The first-order valence-corrected chi connectivity index (χ1v) is 7.38. The largest absolute Gasteiger partial charge is 0.477 e. The standard InChI is InChI=1S/C16H21N3O3/c1-2-19-10-13(16(21)22)15(20)12-9-11(3-4-14(12)19)5-7-18-8-6-17/h3-4,9-10,18H,2,5-8,17H2,1H3,(H,21,22). The van der Waals surface area contributed by atoms with Crippen molar-refractivity contribution in [2.24, 2.45) is 5.73 Å². The van der Waals surface area contributed by atoms with Gasteiger partial charge in [0.15, 0.2) is 0 Å². The first-order chi connectivity index (χ1) is 10.6. The SMILES string of the molecule is CCn1cc(C(=O)O)c(=O)c2cc(CCNCCN)ccc21. The summed E-state index contributed by atoms with van der Waals surface area (Å²) < 4.78 is 1.79. The number of fused-ring (bicyclic) bond motifs is 1. The maximum Gasteiger partial charge on any atom is 0.341 e. The molecule has 22 heavy (non-hydrogen) atoms. The molecule has 1 aromatic carbocycles. The number of hydrogen-bond acceptors (Lipinski definition) is 4. The van der Waals surface area contributed by atoms with Crippen LogP contribution < -0.4 is 16.5 Å². The van der Waals surface area contributed by atoms with Crippen LogP contribution in [0.25, 0.3) is 10.9 Å². The molecule has 0 aliphatic carbocycles. The molecule has 0 spiro atoms. The molecule has 0 unspecified atom stereocenters. The molecule has 2 rings (SSSR count). The second kappa shape index (κ2) is 7.20. The molecule has 6 nitrogen and oxygen atoms in total. The molecule has 0 saturated heterocycles. The first kappa shape index (κ1) is 16.2. The Morgan fingerprint density at radius 1 is 1.36 bits per heavy atom. The van der Waals surface area contributed by atoms with E-state index in [0.717, 1.165) is 30.6 Å². The van der Waals surface area contributed by atoms with E-state index < -0.39 is 11.4 Å². The molecule has 0 amide bonds. The third kappa shape index (κ3) is 3.35. The zero-order chi connectivity index (χ0) is 16.1. The van der Waals surface area contributed by atoms with Gasteiger partial charge in [0, 0.05) is 31.2 Å². The van der Waals surface area contributed by atoms with Gasteiger partial charge < -0.3 is 20.7 Å². The molecule has 0 atom stereocenters. The molecular weight excluding hydrogens is 282 g/mol. The number of hydrogen-bond donors (Lipinski definition) is 3. The second-order valence-electron chi connectivity index (χ2n) is 5.10. The number of carboxylic acids is 1. The predicted molar refractivity (Wildman–Crippen MR) is 86.5 cm³/mol. The molecule has 118 valence electrons. The van der Waals surface area contributed by atoms with Crippen molar-refractivity contribution in [1.29, 1.82) is 0 Å². The van der Waals surface area contributed by atoms with Gasteiger partial charge in [0.2, 0.25) is 5.43 Å². The van der Waals surface area contributed by atoms with Crippen LogP contribution in [-0.2, 0) is 13.0 Å². The molecule has 0 radical (unpaired) electrons. The molecule has 0 bridgehead atoms. The van der Waals surface area contributed by atoms with Crippen molar-refractivity contribution < 1.29 is 9.90 Å². The van der Waals surface area contributed by atoms with Crippen molar-refractivity contribution in [3.8, 4) is 0 Å². The topological polar surface area (TPSA) is 97.3 Å². The van der Waals surface area contributed by atoms with Crippen molar-refractivity contribution >= 4 is 16.9 Å². The van der Waals surface area contributed by atoms with E-state index in [2.05, 4.69) is 5.32 Å². The van der Waals surface area contributed by atoms with Gasteiger partial charge in [-0.3, -0.25) is 4.79 Å². The average molecular weight is 303 g/mol. The van der Waals surface area contributed by atoms with E-state index in [-0.39, 0.29) is 5.56 Å². The molecule has 0 aliphatic rings. The van der Waals surface area contributed by atoms with E-state index >= 15 is 0 Å². The predicted octanol–water partition coefficient (Wildman–Crippen LogP) is 0.810.